The lowest BCUT2D eigenvalue weighted by Gasteiger charge is -2.08. The number of halogens is 1. The van der Waals surface area contributed by atoms with Gasteiger partial charge < -0.3 is 5.32 Å². The normalized spacial score (nSPS) is 11.1. The molecule has 0 atom stereocenters. The van der Waals surface area contributed by atoms with E-state index in [0.717, 1.165) is 0 Å². The predicted molar refractivity (Wildman–Crippen MR) is 79.9 cm³/mol. The van der Waals surface area contributed by atoms with E-state index in [1.54, 1.807) is 36.4 Å². The Hall–Kier alpha value is -2.25. The van der Waals surface area contributed by atoms with Gasteiger partial charge in [0, 0.05) is 12.1 Å². The van der Waals surface area contributed by atoms with E-state index in [0.29, 0.717) is 5.56 Å². The van der Waals surface area contributed by atoms with E-state index in [9.17, 15) is 17.6 Å². The number of hydrogen-bond acceptors (Lipinski definition) is 3. The van der Waals surface area contributed by atoms with Gasteiger partial charge in [0.15, 0.2) is 0 Å². The van der Waals surface area contributed by atoms with Gasteiger partial charge in [-0.3, -0.25) is 4.79 Å². The van der Waals surface area contributed by atoms with Crippen molar-refractivity contribution in [2.24, 2.45) is 0 Å². The van der Waals surface area contributed by atoms with Gasteiger partial charge in [0.05, 0.1) is 11.4 Å². The van der Waals surface area contributed by atoms with Crippen molar-refractivity contribution in [1.29, 1.82) is 0 Å². The first-order chi connectivity index (χ1) is 10.5. The van der Waals surface area contributed by atoms with Crippen molar-refractivity contribution in [2.45, 2.75) is 11.4 Å². The number of nitrogens with one attached hydrogen (secondary N) is 2. The van der Waals surface area contributed by atoms with Crippen LogP contribution in [-0.4, -0.2) is 20.9 Å². The molecule has 0 saturated heterocycles. The summed E-state index contributed by atoms with van der Waals surface area (Å²) in [5, 5.41) is 2.46. The van der Waals surface area contributed by atoms with E-state index >= 15 is 0 Å². The first-order valence-electron chi connectivity index (χ1n) is 6.54. The van der Waals surface area contributed by atoms with Crippen molar-refractivity contribution >= 4 is 15.9 Å². The Balaban J connectivity index is 1.87. The van der Waals surface area contributed by atoms with Crippen molar-refractivity contribution in [3.8, 4) is 0 Å². The lowest BCUT2D eigenvalue weighted by Crippen LogP contribution is -2.36. The van der Waals surface area contributed by atoms with Crippen LogP contribution in [0.2, 0.25) is 0 Å². The standard InChI is InChI=1S/C15H15FN2O3S/c16-14-9-5-4-6-12(14)10-17-15(19)11-18-22(20,21)13-7-2-1-3-8-13/h1-9,18H,10-11H2,(H,17,19). The van der Waals surface area contributed by atoms with Crippen LogP contribution in [0.1, 0.15) is 5.56 Å². The summed E-state index contributed by atoms with van der Waals surface area (Å²) < 4.78 is 39.4. The second-order valence-electron chi connectivity index (χ2n) is 4.51. The first kappa shape index (κ1) is 16.1. The van der Waals surface area contributed by atoms with Crippen LogP contribution in [0, 0.1) is 5.82 Å². The molecule has 7 heteroatoms. The fourth-order valence-electron chi connectivity index (χ4n) is 1.74. The summed E-state index contributed by atoms with van der Waals surface area (Å²) in [7, 11) is -3.73. The molecule has 2 aromatic rings. The summed E-state index contributed by atoms with van der Waals surface area (Å²) in [5.74, 6) is -0.963. The predicted octanol–water partition coefficient (Wildman–Crippen LogP) is 1.42. The summed E-state index contributed by atoms with van der Waals surface area (Å²) in [6.07, 6.45) is 0. The van der Waals surface area contributed by atoms with Gasteiger partial charge in [0.25, 0.3) is 0 Å². The molecule has 0 aromatic heterocycles. The molecular weight excluding hydrogens is 307 g/mol. The molecule has 0 aliphatic heterocycles. The Bertz CT molecular complexity index is 748. The van der Waals surface area contributed by atoms with Crippen molar-refractivity contribution in [3.05, 3.63) is 66.0 Å². The molecule has 2 aromatic carbocycles. The second-order valence-corrected chi connectivity index (χ2v) is 6.27. The molecule has 0 unspecified atom stereocenters. The van der Waals surface area contributed by atoms with Crippen molar-refractivity contribution < 1.29 is 17.6 Å². The fourth-order valence-corrected chi connectivity index (χ4v) is 2.74. The molecule has 0 aliphatic carbocycles. The number of rotatable bonds is 6. The van der Waals surface area contributed by atoms with E-state index in [4.69, 9.17) is 0 Å². The molecule has 2 rings (SSSR count). The number of benzene rings is 2. The average Bonchev–Trinajstić information content (AvgIpc) is 2.53. The molecule has 0 fully saturated rings. The lowest BCUT2D eigenvalue weighted by molar-refractivity contribution is -0.120. The molecule has 0 radical (unpaired) electrons. The minimum absolute atomic E-state index is 0.00142. The molecule has 0 heterocycles. The zero-order valence-corrected chi connectivity index (χ0v) is 12.4. The third-order valence-electron chi connectivity index (χ3n) is 2.91. The summed E-state index contributed by atoms with van der Waals surface area (Å²) in [6, 6.07) is 13.8. The van der Waals surface area contributed by atoms with Crippen molar-refractivity contribution in [3.63, 3.8) is 0 Å². The Morgan fingerprint density at radius 3 is 2.32 bits per heavy atom. The van der Waals surface area contributed by atoms with Crippen molar-refractivity contribution in [2.75, 3.05) is 6.54 Å². The van der Waals surface area contributed by atoms with Gasteiger partial charge in [0.1, 0.15) is 5.82 Å². The summed E-state index contributed by atoms with van der Waals surface area (Å²) in [4.78, 5) is 11.7. The van der Waals surface area contributed by atoms with Crippen LogP contribution in [0.4, 0.5) is 4.39 Å². The Labute approximate surface area is 128 Å². The lowest BCUT2D eigenvalue weighted by atomic mass is 10.2. The molecule has 1 amide bonds. The Morgan fingerprint density at radius 1 is 1.00 bits per heavy atom. The number of amides is 1. The monoisotopic (exact) mass is 322 g/mol. The highest BCUT2D eigenvalue weighted by molar-refractivity contribution is 7.89. The summed E-state index contributed by atoms with van der Waals surface area (Å²) in [6.45, 7) is -0.412. The molecular formula is C15H15FN2O3S. The van der Waals surface area contributed by atoms with Crippen LogP contribution < -0.4 is 10.0 Å². The third kappa shape index (κ3) is 4.37. The number of sulfonamides is 1. The van der Waals surface area contributed by atoms with E-state index in [2.05, 4.69) is 10.0 Å². The Kier molecular flexibility index (Phi) is 5.24. The first-order valence-corrected chi connectivity index (χ1v) is 8.02. The van der Waals surface area contributed by atoms with E-state index < -0.39 is 28.3 Å². The quantitative estimate of drug-likeness (QED) is 0.844. The highest BCUT2D eigenvalue weighted by Gasteiger charge is 2.14. The SMILES string of the molecule is O=C(CNS(=O)(=O)c1ccccc1)NCc1ccccc1F. The van der Waals surface area contributed by atoms with Gasteiger partial charge in [-0.1, -0.05) is 36.4 Å². The molecule has 0 bridgehead atoms. The van der Waals surface area contributed by atoms with E-state index in [1.807, 2.05) is 0 Å². The van der Waals surface area contributed by atoms with E-state index in [-0.39, 0.29) is 11.4 Å². The van der Waals surface area contributed by atoms with Gasteiger partial charge in [-0.25, -0.2) is 17.5 Å². The zero-order chi connectivity index (χ0) is 16.0. The maximum atomic E-state index is 13.4. The minimum Gasteiger partial charge on any atom is -0.351 e. The molecule has 116 valence electrons. The van der Waals surface area contributed by atoms with Crippen LogP contribution in [-0.2, 0) is 21.4 Å². The van der Waals surface area contributed by atoms with Gasteiger partial charge in [-0.05, 0) is 18.2 Å². The average molecular weight is 322 g/mol. The van der Waals surface area contributed by atoms with E-state index in [1.165, 1.54) is 18.2 Å². The van der Waals surface area contributed by atoms with Crippen LogP contribution in [0.25, 0.3) is 0 Å². The molecule has 5 nitrogen and oxygen atoms in total. The molecule has 0 aliphatic rings. The molecule has 2 N–H and O–H groups in total. The fraction of sp³-hybridized carbons (Fsp3) is 0.133. The van der Waals surface area contributed by atoms with Crippen LogP contribution in [0.3, 0.4) is 0 Å². The topological polar surface area (TPSA) is 75.3 Å². The smallest absolute Gasteiger partial charge is 0.241 e. The van der Waals surface area contributed by atoms with Gasteiger partial charge in [-0.15, -0.1) is 0 Å². The number of carbonyl (C=O) groups excluding carboxylic acids is 1. The third-order valence-corrected chi connectivity index (χ3v) is 4.33. The summed E-state index contributed by atoms with van der Waals surface area (Å²) in [5.41, 5.74) is 0.335. The minimum atomic E-state index is -3.73. The molecule has 0 saturated carbocycles. The maximum absolute atomic E-state index is 13.4. The van der Waals surface area contributed by atoms with Gasteiger partial charge in [-0.2, -0.15) is 0 Å². The van der Waals surface area contributed by atoms with Crippen LogP contribution in [0.15, 0.2) is 59.5 Å². The number of hydrogen-bond donors (Lipinski definition) is 2. The zero-order valence-electron chi connectivity index (χ0n) is 11.6. The highest BCUT2D eigenvalue weighted by Crippen LogP contribution is 2.07. The maximum Gasteiger partial charge on any atom is 0.241 e. The Morgan fingerprint density at radius 2 is 1.64 bits per heavy atom. The number of carbonyl (C=O) groups is 1. The molecule has 0 spiro atoms. The van der Waals surface area contributed by atoms with Crippen molar-refractivity contribution in [1.82, 2.24) is 10.0 Å². The highest BCUT2D eigenvalue weighted by atomic mass is 32.2. The second kappa shape index (κ2) is 7.15. The van der Waals surface area contributed by atoms with Gasteiger partial charge in [0.2, 0.25) is 15.9 Å². The largest absolute Gasteiger partial charge is 0.351 e. The van der Waals surface area contributed by atoms with Crippen LogP contribution in [0.5, 0.6) is 0 Å². The summed E-state index contributed by atoms with van der Waals surface area (Å²) >= 11 is 0. The van der Waals surface area contributed by atoms with Gasteiger partial charge >= 0.3 is 0 Å². The van der Waals surface area contributed by atoms with Crippen LogP contribution >= 0.6 is 0 Å². The molecule has 22 heavy (non-hydrogen) atoms.